The lowest BCUT2D eigenvalue weighted by atomic mass is 10.2. The smallest absolute Gasteiger partial charge is 0.265 e. The van der Waals surface area contributed by atoms with Gasteiger partial charge in [0.05, 0.1) is 17.6 Å². The average molecular weight is 446 g/mol. The second-order valence-corrected chi connectivity index (χ2v) is 8.52. The van der Waals surface area contributed by atoms with Crippen molar-refractivity contribution >= 4 is 33.2 Å². The van der Waals surface area contributed by atoms with E-state index in [9.17, 15) is 4.79 Å². The van der Waals surface area contributed by atoms with Crippen LogP contribution >= 0.6 is 0 Å². The third kappa shape index (κ3) is 3.18. The van der Waals surface area contributed by atoms with E-state index in [1.807, 2.05) is 78.2 Å². The second kappa shape index (κ2) is 7.92. The van der Waals surface area contributed by atoms with Gasteiger partial charge in [-0.05, 0) is 42.3 Å². The van der Waals surface area contributed by atoms with Gasteiger partial charge in [0, 0.05) is 12.1 Å². The monoisotopic (exact) mass is 445 g/mol. The number of aryl methyl sites for hydroxylation is 2. The molecule has 3 heterocycles. The Morgan fingerprint density at radius 1 is 0.794 bits per heavy atom. The van der Waals surface area contributed by atoms with Crippen molar-refractivity contribution in [3.63, 3.8) is 0 Å². The molecule has 0 saturated carbocycles. The van der Waals surface area contributed by atoms with Crippen LogP contribution in [0.25, 0.3) is 38.9 Å². The van der Waals surface area contributed by atoms with E-state index in [1.165, 1.54) is 0 Å². The summed E-state index contributed by atoms with van der Waals surface area (Å²) in [7, 11) is 0. The molecule has 34 heavy (non-hydrogen) atoms. The van der Waals surface area contributed by atoms with Gasteiger partial charge in [-0.1, -0.05) is 61.5 Å². The highest BCUT2D eigenvalue weighted by Crippen LogP contribution is 2.29. The lowest BCUT2D eigenvalue weighted by Crippen LogP contribution is -2.26. The SMILES string of the molecule is CCc1nc2c(c(=O)n1Cc1ccccc1)c1nc3ccccc3nc1n2-c1cccc(C)c1. The molecule has 0 aliphatic heterocycles. The fourth-order valence-corrected chi connectivity index (χ4v) is 4.58. The molecule has 0 fully saturated rings. The molecule has 0 bridgehead atoms. The minimum absolute atomic E-state index is 0.0910. The average Bonchev–Trinajstić information content (AvgIpc) is 3.18. The summed E-state index contributed by atoms with van der Waals surface area (Å²) in [5, 5.41) is 0.503. The van der Waals surface area contributed by atoms with E-state index in [4.69, 9.17) is 15.0 Å². The third-order valence-electron chi connectivity index (χ3n) is 6.20. The van der Waals surface area contributed by atoms with Gasteiger partial charge < -0.3 is 0 Å². The Bertz CT molecular complexity index is 1750. The van der Waals surface area contributed by atoms with Gasteiger partial charge in [0.1, 0.15) is 16.7 Å². The Kier molecular flexibility index (Phi) is 4.73. The third-order valence-corrected chi connectivity index (χ3v) is 6.20. The molecule has 0 aliphatic rings. The highest BCUT2D eigenvalue weighted by atomic mass is 16.1. The molecule has 3 aromatic carbocycles. The number of hydrogen-bond donors (Lipinski definition) is 0. The molecule has 0 saturated heterocycles. The number of hydrogen-bond acceptors (Lipinski definition) is 4. The van der Waals surface area contributed by atoms with E-state index in [0.29, 0.717) is 35.2 Å². The van der Waals surface area contributed by atoms with Gasteiger partial charge in [-0.3, -0.25) is 13.9 Å². The lowest BCUT2D eigenvalue weighted by Gasteiger charge is -2.13. The standard InChI is InChI=1S/C28H23N5O/c1-3-23-31-26-24(28(34)32(23)17-19-11-5-4-6-12-19)25-27(30-22-15-8-7-14-21(22)29-25)33(26)20-13-9-10-18(2)16-20/h4-16H,3,17H2,1-2H3. The van der Waals surface area contributed by atoms with Crippen molar-refractivity contribution in [2.75, 3.05) is 0 Å². The summed E-state index contributed by atoms with van der Waals surface area (Å²) in [5.41, 5.74) is 6.36. The van der Waals surface area contributed by atoms with Crippen molar-refractivity contribution in [1.29, 1.82) is 0 Å². The van der Waals surface area contributed by atoms with E-state index < -0.39 is 0 Å². The molecular weight excluding hydrogens is 422 g/mol. The Morgan fingerprint density at radius 2 is 1.53 bits per heavy atom. The molecule has 0 spiro atoms. The molecule has 6 rings (SSSR count). The number of aromatic nitrogens is 5. The van der Waals surface area contributed by atoms with Gasteiger partial charge in [-0.15, -0.1) is 0 Å². The van der Waals surface area contributed by atoms with Crippen LogP contribution in [0.2, 0.25) is 0 Å². The molecule has 3 aromatic heterocycles. The number of benzene rings is 3. The van der Waals surface area contributed by atoms with Crippen LogP contribution in [0.15, 0.2) is 83.7 Å². The molecule has 0 radical (unpaired) electrons. The van der Waals surface area contributed by atoms with Crippen LogP contribution < -0.4 is 5.56 Å². The number of rotatable bonds is 4. The summed E-state index contributed by atoms with van der Waals surface area (Å²) >= 11 is 0. The highest BCUT2D eigenvalue weighted by molar-refractivity contribution is 6.05. The summed E-state index contributed by atoms with van der Waals surface area (Å²) in [6, 6.07) is 25.9. The molecule has 0 N–H and O–H groups in total. The van der Waals surface area contributed by atoms with Crippen LogP contribution in [0, 0.1) is 6.92 Å². The van der Waals surface area contributed by atoms with Crippen LogP contribution in [-0.4, -0.2) is 24.1 Å². The van der Waals surface area contributed by atoms with Gasteiger partial charge in [-0.2, -0.15) is 0 Å². The summed E-state index contributed by atoms with van der Waals surface area (Å²) in [4.78, 5) is 28.9. The first-order valence-corrected chi connectivity index (χ1v) is 11.5. The quantitative estimate of drug-likeness (QED) is 0.374. The zero-order valence-corrected chi connectivity index (χ0v) is 19.1. The molecule has 0 aliphatic carbocycles. The second-order valence-electron chi connectivity index (χ2n) is 8.52. The zero-order valence-electron chi connectivity index (χ0n) is 19.1. The Hall–Kier alpha value is -4.32. The van der Waals surface area contributed by atoms with Crippen molar-refractivity contribution in [2.45, 2.75) is 26.8 Å². The van der Waals surface area contributed by atoms with Gasteiger partial charge in [0.2, 0.25) is 0 Å². The van der Waals surface area contributed by atoms with E-state index in [0.717, 1.165) is 33.7 Å². The van der Waals surface area contributed by atoms with Crippen LogP contribution in [0.4, 0.5) is 0 Å². The molecule has 6 heteroatoms. The minimum atomic E-state index is -0.0910. The largest absolute Gasteiger partial charge is 0.291 e. The maximum Gasteiger partial charge on any atom is 0.265 e. The minimum Gasteiger partial charge on any atom is -0.291 e. The molecule has 0 amide bonds. The van der Waals surface area contributed by atoms with E-state index in [-0.39, 0.29) is 5.56 Å². The fraction of sp³-hybridized carbons (Fsp3) is 0.143. The van der Waals surface area contributed by atoms with E-state index >= 15 is 0 Å². The van der Waals surface area contributed by atoms with Gasteiger partial charge in [-0.25, -0.2) is 15.0 Å². The van der Waals surface area contributed by atoms with Crippen molar-refractivity contribution in [3.05, 3.63) is 106 Å². The Labute approximate surface area is 196 Å². The predicted octanol–water partition coefficient (Wildman–Crippen LogP) is 5.20. The Balaban J connectivity index is 1.76. The number of para-hydroxylation sites is 2. The highest BCUT2D eigenvalue weighted by Gasteiger charge is 2.22. The molecule has 6 aromatic rings. The summed E-state index contributed by atoms with van der Waals surface area (Å²) < 4.78 is 3.75. The summed E-state index contributed by atoms with van der Waals surface area (Å²) in [5.74, 6) is 0.739. The first kappa shape index (κ1) is 20.3. The molecular formula is C28H23N5O. The zero-order chi connectivity index (χ0) is 23.2. The van der Waals surface area contributed by atoms with Crippen LogP contribution in [-0.2, 0) is 13.0 Å². The molecule has 0 atom stereocenters. The molecule has 0 unspecified atom stereocenters. The van der Waals surface area contributed by atoms with E-state index in [1.54, 1.807) is 4.57 Å². The summed E-state index contributed by atoms with van der Waals surface area (Å²) in [6.45, 7) is 4.54. The van der Waals surface area contributed by atoms with Crippen molar-refractivity contribution < 1.29 is 0 Å². The normalized spacial score (nSPS) is 11.6. The van der Waals surface area contributed by atoms with Crippen LogP contribution in [0.1, 0.15) is 23.9 Å². The molecule has 166 valence electrons. The number of nitrogens with zero attached hydrogens (tertiary/aromatic N) is 5. The first-order chi connectivity index (χ1) is 16.6. The van der Waals surface area contributed by atoms with Crippen molar-refractivity contribution in [3.8, 4) is 5.69 Å². The van der Waals surface area contributed by atoms with Crippen molar-refractivity contribution in [2.24, 2.45) is 0 Å². The molecule has 6 nitrogen and oxygen atoms in total. The van der Waals surface area contributed by atoms with Crippen LogP contribution in [0.3, 0.4) is 0 Å². The van der Waals surface area contributed by atoms with Gasteiger partial charge >= 0.3 is 0 Å². The maximum absolute atomic E-state index is 14.0. The van der Waals surface area contributed by atoms with Gasteiger partial charge in [0.15, 0.2) is 11.3 Å². The van der Waals surface area contributed by atoms with Crippen LogP contribution in [0.5, 0.6) is 0 Å². The maximum atomic E-state index is 14.0. The topological polar surface area (TPSA) is 65.6 Å². The van der Waals surface area contributed by atoms with Gasteiger partial charge in [0.25, 0.3) is 5.56 Å². The number of fused-ring (bicyclic) bond motifs is 4. The van der Waals surface area contributed by atoms with Crippen molar-refractivity contribution in [1.82, 2.24) is 24.1 Å². The Morgan fingerprint density at radius 3 is 2.26 bits per heavy atom. The van der Waals surface area contributed by atoms with E-state index in [2.05, 4.69) is 19.1 Å². The lowest BCUT2D eigenvalue weighted by molar-refractivity contribution is 0.685. The predicted molar refractivity (Wildman–Crippen MR) is 136 cm³/mol. The fourth-order valence-electron chi connectivity index (χ4n) is 4.58. The first-order valence-electron chi connectivity index (χ1n) is 11.5. The summed E-state index contributed by atoms with van der Waals surface area (Å²) in [6.07, 6.45) is 0.635.